The molecule has 1 N–H and O–H groups in total. The summed E-state index contributed by atoms with van der Waals surface area (Å²) in [4.78, 5) is 0. The molecule has 0 heterocycles. The summed E-state index contributed by atoms with van der Waals surface area (Å²) in [6, 6.07) is 0. The number of hydrogen-bond acceptors (Lipinski definition) is 5. The van der Waals surface area contributed by atoms with Crippen molar-refractivity contribution < 1.29 is 47.6 Å². The molecule has 7 heteroatoms. The number of hydrogen-bond donors (Lipinski definition) is 1. The molecule has 4 nitrogen and oxygen atoms in total. The van der Waals surface area contributed by atoms with Gasteiger partial charge in [-0.15, -0.1) is 0 Å². The van der Waals surface area contributed by atoms with Crippen LogP contribution in [0.25, 0.3) is 0 Å². The second-order valence-corrected chi connectivity index (χ2v) is 6.51. The fraction of sp³-hybridized carbons (Fsp3) is 1.00. The van der Waals surface area contributed by atoms with E-state index >= 15 is 0 Å². The molecule has 0 amide bonds. The van der Waals surface area contributed by atoms with Crippen LogP contribution < -0.4 is 29.6 Å². The molecule has 0 rings (SSSR count). The molecular formula is C8H17NaO4S2. The zero-order valence-corrected chi connectivity index (χ0v) is 13.2. The Morgan fingerprint density at radius 1 is 1.40 bits per heavy atom. The maximum atomic E-state index is 10.5. The molecule has 0 aromatic carbocycles. The molecule has 0 aromatic rings. The van der Waals surface area contributed by atoms with E-state index in [1.54, 1.807) is 25.6 Å². The van der Waals surface area contributed by atoms with E-state index in [0.29, 0.717) is 12.2 Å². The van der Waals surface area contributed by atoms with Crippen LogP contribution in [0.2, 0.25) is 0 Å². The van der Waals surface area contributed by atoms with Crippen molar-refractivity contribution in [2.75, 3.05) is 23.9 Å². The maximum absolute atomic E-state index is 10.5. The van der Waals surface area contributed by atoms with Crippen molar-refractivity contribution in [1.82, 2.24) is 0 Å². The average Bonchev–Trinajstić information content (AvgIpc) is 1.93. The van der Waals surface area contributed by atoms with Crippen LogP contribution in [0.3, 0.4) is 0 Å². The van der Waals surface area contributed by atoms with Crippen LogP contribution in [0.15, 0.2) is 0 Å². The van der Waals surface area contributed by atoms with Gasteiger partial charge in [-0.1, -0.05) is 13.8 Å². The van der Waals surface area contributed by atoms with Crippen molar-refractivity contribution >= 4 is 21.9 Å². The van der Waals surface area contributed by atoms with Crippen LogP contribution in [0.5, 0.6) is 0 Å². The van der Waals surface area contributed by atoms with Gasteiger partial charge in [-0.25, -0.2) is 8.42 Å². The second-order valence-electron chi connectivity index (χ2n) is 4.00. The van der Waals surface area contributed by atoms with E-state index in [-0.39, 0.29) is 41.9 Å². The summed E-state index contributed by atoms with van der Waals surface area (Å²) in [7, 11) is -4.14. The van der Waals surface area contributed by atoms with Crippen molar-refractivity contribution in [2.45, 2.75) is 20.3 Å². The standard InChI is InChI=1S/C8H18O4S2.Na/c1-8(2,7-14(10,11)12)6-13-5-3-4-9;/h9H,3-7H2,1-2H3,(H,10,11,12);/q;+1/p-1. The average molecular weight is 264 g/mol. The van der Waals surface area contributed by atoms with E-state index in [4.69, 9.17) is 5.11 Å². The van der Waals surface area contributed by atoms with Gasteiger partial charge in [0, 0.05) is 12.4 Å². The molecule has 0 aliphatic heterocycles. The van der Waals surface area contributed by atoms with Gasteiger partial charge in [0.25, 0.3) is 0 Å². The molecule has 0 fully saturated rings. The van der Waals surface area contributed by atoms with Crippen LogP contribution in [0.1, 0.15) is 20.3 Å². The minimum Gasteiger partial charge on any atom is -0.748 e. The number of rotatable bonds is 7. The van der Waals surface area contributed by atoms with Gasteiger partial charge in [-0.2, -0.15) is 11.8 Å². The van der Waals surface area contributed by atoms with Gasteiger partial charge in [0.15, 0.2) is 0 Å². The quantitative estimate of drug-likeness (QED) is 0.317. The van der Waals surface area contributed by atoms with Gasteiger partial charge in [-0.05, 0) is 23.3 Å². The van der Waals surface area contributed by atoms with Crippen LogP contribution in [0.4, 0.5) is 0 Å². The second kappa shape index (κ2) is 8.33. The fourth-order valence-corrected chi connectivity index (χ4v) is 3.36. The molecule has 0 spiro atoms. The minimum atomic E-state index is -4.14. The Morgan fingerprint density at radius 2 is 1.93 bits per heavy atom. The number of thioether (sulfide) groups is 1. The van der Waals surface area contributed by atoms with E-state index in [1.165, 1.54) is 0 Å². The monoisotopic (exact) mass is 264 g/mol. The van der Waals surface area contributed by atoms with Crippen LogP contribution in [0, 0.1) is 5.41 Å². The van der Waals surface area contributed by atoms with E-state index in [9.17, 15) is 13.0 Å². The third-order valence-electron chi connectivity index (χ3n) is 1.51. The Bertz CT molecular complexity index is 251. The molecule has 0 unspecified atom stereocenters. The normalized spacial score (nSPS) is 12.3. The molecule has 15 heavy (non-hydrogen) atoms. The Hall–Kier alpha value is 1.22. The van der Waals surface area contributed by atoms with Crippen molar-refractivity contribution in [3.8, 4) is 0 Å². The first-order valence-corrected chi connectivity index (χ1v) is 7.12. The molecule has 0 saturated heterocycles. The molecule has 86 valence electrons. The molecule has 0 aromatic heterocycles. The molecule has 0 aliphatic carbocycles. The summed E-state index contributed by atoms with van der Waals surface area (Å²) in [5, 5.41) is 8.52. The van der Waals surface area contributed by atoms with Gasteiger partial charge in [0.05, 0.1) is 10.1 Å². The van der Waals surface area contributed by atoms with E-state index in [0.717, 1.165) is 5.75 Å². The molecule has 0 bridgehead atoms. The van der Waals surface area contributed by atoms with Gasteiger partial charge in [0.1, 0.15) is 0 Å². The summed E-state index contributed by atoms with van der Waals surface area (Å²) < 4.78 is 31.6. The number of aliphatic hydroxyl groups is 1. The maximum Gasteiger partial charge on any atom is 1.00 e. The zero-order chi connectivity index (χ0) is 11.2. The summed E-state index contributed by atoms with van der Waals surface area (Å²) in [6.45, 7) is 3.66. The van der Waals surface area contributed by atoms with Crippen molar-refractivity contribution in [1.29, 1.82) is 0 Å². The minimum absolute atomic E-state index is 0. The molecule has 0 saturated carbocycles. The van der Waals surface area contributed by atoms with Crippen molar-refractivity contribution in [2.24, 2.45) is 5.41 Å². The Kier molecular flexibility index (Phi) is 10.3. The van der Waals surface area contributed by atoms with Crippen molar-refractivity contribution in [3.63, 3.8) is 0 Å². The fourth-order valence-electron chi connectivity index (χ4n) is 1.04. The SMILES string of the molecule is CC(C)(CSCCCO)CS(=O)(=O)[O-].[Na+]. The van der Waals surface area contributed by atoms with Crippen LogP contribution in [-0.4, -0.2) is 41.9 Å². The largest absolute Gasteiger partial charge is 1.00 e. The van der Waals surface area contributed by atoms with Crippen molar-refractivity contribution in [3.05, 3.63) is 0 Å². The third kappa shape index (κ3) is 13.2. The smallest absolute Gasteiger partial charge is 0.748 e. The Balaban J connectivity index is 0. The first kappa shape index (κ1) is 18.6. The summed E-state index contributed by atoms with van der Waals surface area (Å²) in [6.07, 6.45) is 0.699. The molecular weight excluding hydrogens is 247 g/mol. The number of aliphatic hydroxyl groups excluding tert-OH is 1. The Labute approximate surface area is 118 Å². The van der Waals surface area contributed by atoms with Gasteiger partial charge in [0.2, 0.25) is 0 Å². The first-order valence-electron chi connectivity index (χ1n) is 4.39. The Morgan fingerprint density at radius 3 is 2.33 bits per heavy atom. The summed E-state index contributed by atoms with van der Waals surface area (Å²) in [5.41, 5.74) is -0.485. The predicted octanol–water partition coefficient (Wildman–Crippen LogP) is -2.32. The van der Waals surface area contributed by atoms with Gasteiger partial charge in [-0.3, -0.25) is 0 Å². The van der Waals surface area contributed by atoms with E-state index in [1.807, 2.05) is 0 Å². The molecule has 0 radical (unpaired) electrons. The summed E-state index contributed by atoms with van der Waals surface area (Å²) in [5.74, 6) is 1.08. The summed E-state index contributed by atoms with van der Waals surface area (Å²) >= 11 is 1.56. The zero-order valence-electron chi connectivity index (χ0n) is 9.52. The van der Waals surface area contributed by atoms with Gasteiger partial charge >= 0.3 is 29.6 Å². The first-order chi connectivity index (χ1) is 6.27. The topological polar surface area (TPSA) is 77.4 Å². The van der Waals surface area contributed by atoms with Crippen LogP contribution >= 0.6 is 11.8 Å². The van der Waals surface area contributed by atoms with Gasteiger partial charge < -0.3 is 9.66 Å². The molecule has 0 atom stereocenters. The van der Waals surface area contributed by atoms with E-state index in [2.05, 4.69) is 0 Å². The molecule has 0 aliphatic rings. The van der Waals surface area contributed by atoms with E-state index < -0.39 is 15.5 Å². The predicted molar refractivity (Wildman–Crippen MR) is 57.4 cm³/mol. The third-order valence-corrected chi connectivity index (χ3v) is 4.21. The van der Waals surface area contributed by atoms with Crippen LogP contribution in [-0.2, 0) is 10.1 Å².